The molecule has 0 saturated carbocycles. The molecule has 0 fully saturated rings. The van der Waals surface area contributed by atoms with Crippen LogP contribution < -0.4 is 0 Å². The summed E-state index contributed by atoms with van der Waals surface area (Å²) in [6.07, 6.45) is 12.5. The van der Waals surface area contributed by atoms with E-state index in [2.05, 4.69) is 79.7 Å². The van der Waals surface area contributed by atoms with Gasteiger partial charge in [-0.05, 0) is 0 Å². The van der Waals surface area contributed by atoms with Crippen molar-refractivity contribution in [3.63, 3.8) is 0 Å². The SMILES string of the molecule is C[C](C)=[Zr]([C]1=CC(C(C)(C)C)=CC1)[C]1=CC(C(C)(C)C)=CC1.Cl.Cl. The van der Waals surface area contributed by atoms with Crippen LogP contribution in [0.25, 0.3) is 0 Å². The summed E-state index contributed by atoms with van der Waals surface area (Å²) >= 11 is -1.77. The summed E-state index contributed by atoms with van der Waals surface area (Å²) in [7, 11) is 0. The molecule has 0 nitrogen and oxygen atoms in total. The smallest absolute Gasteiger partial charge is 0.147 e. The molecule has 0 amide bonds. The number of allylic oxidation sites excluding steroid dienone is 8. The second-order valence-electron chi connectivity index (χ2n) is 8.94. The first-order valence-corrected chi connectivity index (χ1v) is 12.2. The Morgan fingerprint density at radius 3 is 1.29 bits per heavy atom. The molecule has 2 aliphatic rings. The van der Waals surface area contributed by atoms with Crippen molar-refractivity contribution < 1.29 is 21.3 Å². The molecule has 0 saturated heterocycles. The maximum atomic E-state index is 2.55. The first kappa shape index (κ1) is 24.3. The minimum Gasteiger partial charge on any atom is -0.147 e. The molecule has 2 aliphatic carbocycles. The van der Waals surface area contributed by atoms with Gasteiger partial charge in [0, 0.05) is 0 Å². The molecule has 0 aromatic carbocycles. The zero-order valence-corrected chi connectivity index (χ0v) is 20.6. The largest absolute Gasteiger partial charge is 0.147 e. The minimum atomic E-state index is -1.77. The van der Waals surface area contributed by atoms with Gasteiger partial charge in [-0.3, -0.25) is 0 Å². The Morgan fingerprint density at radius 1 is 0.750 bits per heavy atom. The molecule has 0 spiro atoms. The van der Waals surface area contributed by atoms with E-state index in [0.29, 0.717) is 0 Å². The summed E-state index contributed by atoms with van der Waals surface area (Å²) in [5, 5.41) is 0. The molecule has 24 heavy (non-hydrogen) atoms. The zero-order valence-electron chi connectivity index (χ0n) is 16.5. The summed E-state index contributed by atoms with van der Waals surface area (Å²) in [5.74, 6) is 0. The molecule has 0 unspecified atom stereocenters. The van der Waals surface area contributed by atoms with E-state index in [0.717, 1.165) is 0 Å². The third-order valence-corrected chi connectivity index (χ3v) is 11.9. The van der Waals surface area contributed by atoms with E-state index in [-0.39, 0.29) is 35.6 Å². The van der Waals surface area contributed by atoms with Crippen LogP contribution in [0.3, 0.4) is 0 Å². The third kappa shape index (κ3) is 5.65. The fourth-order valence-electron chi connectivity index (χ4n) is 3.29. The Hall–Kier alpha value is 0.293. The Morgan fingerprint density at radius 2 is 1.08 bits per heavy atom. The molecule has 0 N–H and O–H groups in total. The van der Waals surface area contributed by atoms with Gasteiger partial charge in [-0.1, -0.05) is 0 Å². The average molecular weight is 449 g/mol. The van der Waals surface area contributed by atoms with Crippen molar-refractivity contribution in [2.45, 2.75) is 68.2 Å². The molecule has 0 aliphatic heterocycles. The van der Waals surface area contributed by atoms with Crippen LogP contribution in [0.1, 0.15) is 68.2 Å². The summed E-state index contributed by atoms with van der Waals surface area (Å²) in [4.78, 5) is 0. The van der Waals surface area contributed by atoms with Crippen molar-refractivity contribution in [1.82, 2.24) is 0 Å². The van der Waals surface area contributed by atoms with Gasteiger partial charge in [-0.15, -0.1) is 24.8 Å². The monoisotopic (exact) mass is 446 g/mol. The average Bonchev–Trinajstić information content (AvgIpc) is 2.95. The van der Waals surface area contributed by atoms with Crippen LogP contribution in [0.4, 0.5) is 0 Å². The number of hydrogen-bond donors (Lipinski definition) is 0. The standard InChI is InChI=1S/2C9H13.C3H6.2ClH.Zr/c2*1-9(2,3)8-6-4-5-7-8;1-3-2;;;/h2*6-7H,4H2,1-3H3;1-2H3;2*1H;. The van der Waals surface area contributed by atoms with Gasteiger partial charge >= 0.3 is 146 Å². The Balaban J connectivity index is 0.00000264. The normalized spacial score (nSPS) is 17.2. The van der Waals surface area contributed by atoms with Gasteiger partial charge < -0.3 is 0 Å². The van der Waals surface area contributed by atoms with Crippen LogP contribution in [-0.2, 0) is 21.3 Å². The van der Waals surface area contributed by atoms with Gasteiger partial charge in [0.2, 0.25) is 0 Å². The fourth-order valence-corrected chi connectivity index (χ4v) is 10.4. The van der Waals surface area contributed by atoms with Gasteiger partial charge in [0.15, 0.2) is 0 Å². The Bertz CT molecular complexity index is 576. The van der Waals surface area contributed by atoms with Crippen LogP contribution in [0.15, 0.2) is 42.0 Å². The van der Waals surface area contributed by atoms with Crippen LogP contribution in [0.2, 0.25) is 0 Å². The van der Waals surface area contributed by atoms with Crippen LogP contribution >= 0.6 is 24.8 Å². The van der Waals surface area contributed by atoms with Gasteiger partial charge in [0.25, 0.3) is 0 Å². The van der Waals surface area contributed by atoms with E-state index < -0.39 is 21.3 Å². The minimum absolute atomic E-state index is 0. The van der Waals surface area contributed by atoms with Crippen LogP contribution in [-0.4, -0.2) is 3.21 Å². The number of halogens is 2. The summed E-state index contributed by atoms with van der Waals surface area (Å²) in [5.41, 5.74) is 3.67. The van der Waals surface area contributed by atoms with E-state index in [9.17, 15) is 0 Å². The van der Waals surface area contributed by atoms with E-state index in [1.54, 1.807) is 20.9 Å². The first-order valence-electron chi connectivity index (χ1n) is 8.51. The maximum Gasteiger partial charge on any atom is -0.147 e. The molecule has 0 atom stereocenters. The fraction of sp³-hybridized carbons (Fsp3) is 0.571. The summed E-state index contributed by atoms with van der Waals surface area (Å²) < 4.78 is 5.27. The summed E-state index contributed by atoms with van der Waals surface area (Å²) in [6, 6.07) is 0. The van der Waals surface area contributed by atoms with Crippen molar-refractivity contribution in [2.75, 3.05) is 0 Å². The van der Waals surface area contributed by atoms with Gasteiger partial charge in [-0.25, -0.2) is 0 Å². The molecule has 3 heteroatoms. The van der Waals surface area contributed by atoms with Crippen molar-refractivity contribution in [2.24, 2.45) is 10.8 Å². The molecule has 0 bridgehead atoms. The quantitative estimate of drug-likeness (QED) is 0.420. The zero-order chi connectivity index (χ0) is 16.7. The predicted molar refractivity (Wildman–Crippen MR) is 111 cm³/mol. The van der Waals surface area contributed by atoms with E-state index in [1.165, 1.54) is 12.8 Å². The van der Waals surface area contributed by atoms with Gasteiger partial charge in [0.1, 0.15) is 0 Å². The molecular formula is C21H34Cl2Zr. The van der Waals surface area contributed by atoms with E-state index in [4.69, 9.17) is 0 Å². The third-order valence-electron chi connectivity index (χ3n) is 4.62. The summed E-state index contributed by atoms with van der Waals surface area (Å²) in [6.45, 7) is 18.7. The molecule has 2 rings (SSSR count). The van der Waals surface area contributed by atoms with Gasteiger partial charge in [-0.2, -0.15) is 0 Å². The van der Waals surface area contributed by atoms with Crippen LogP contribution in [0, 0.1) is 10.8 Å². The van der Waals surface area contributed by atoms with Crippen molar-refractivity contribution in [3.05, 3.63) is 42.0 Å². The van der Waals surface area contributed by atoms with Crippen molar-refractivity contribution >= 4 is 28.0 Å². The Kier molecular flexibility index (Phi) is 8.90. The number of hydrogen-bond acceptors (Lipinski definition) is 0. The van der Waals surface area contributed by atoms with Gasteiger partial charge in [0.05, 0.1) is 0 Å². The molecule has 0 aromatic rings. The van der Waals surface area contributed by atoms with Crippen molar-refractivity contribution in [3.8, 4) is 0 Å². The van der Waals surface area contributed by atoms with Crippen LogP contribution in [0.5, 0.6) is 0 Å². The maximum absolute atomic E-state index is 2.55. The topological polar surface area (TPSA) is 0 Å². The molecule has 0 heterocycles. The second-order valence-corrected chi connectivity index (χ2v) is 16.4. The Labute approximate surface area is 169 Å². The van der Waals surface area contributed by atoms with E-state index in [1.807, 2.05) is 0 Å². The van der Waals surface area contributed by atoms with Crippen molar-refractivity contribution in [1.29, 1.82) is 0 Å². The molecule has 0 radical (unpaired) electrons. The second kappa shape index (κ2) is 8.79. The number of rotatable bonds is 2. The molecular weight excluding hydrogens is 414 g/mol. The first-order chi connectivity index (χ1) is 10.00. The predicted octanol–water partition coefficient (Wildman–Crippen LogP) is 7.18. The molecule has 136 valence electrons. The van der Waals surface area contributed by atoms with E-state index >= 15 is 0 Å². The molecule has 0 aromatic heterocycles.